The van der Waals surface area contributed by atoms with Crippen molar-refractivity contribution in [2.45, 2.75) is 31.4 Å². The highest BCUT2D eigenvalue weighted by molar-refractivity contribution is 5.30. The largest absolute Gasteiger partial charge is 0.378 e. The number of benzene rings is 1. The Bertz CT molecular complexity index is 440. The van der Waals surface area contributed by atoms with Crippen molar-refractivity contribution >= 4 is 0 Å². The fourth-order valence-corrected chi connectivity index (χ4v) is 3.30. The molecule has 2 unspecified atom stereocenters. The Morgan fingerprint density at radius 2 is 2.33 bits per heavy atom. The van der Waals surface area contributed by atoms with Gasteiger partial charge in [-0.3, -0.25) is 0 Å². The molecule has 1 saturated heterocycles. The van der Waals surface area contributed by atoms with Crippen LogP contribution in [-0.4, -0.2) is 19.3 Å². The third kappa shape index (κ3) is 1.76. The molecule has 98 valence electrons. The highest BCUT2D eigenvalue weighted by atomic mass is 19.1. The first-order valence-electron chi connectivity index (χ1n) is 6.52. The lowest BCUT2D eigenvalue weighted by molar-refractivity contribution is 0.0144. The highest BCUT2D eigenvalue weighted by Crippen LogP contribution is 2.48. The maximum atomic E-state index is 14.1. The van der Waals surface area contributed by atoms with E-state index in [2.05, 4.69) is 5.48 Å². The number of rotatable bonds is 3. The zero-order valence-corrected chi connectivity index (χ0v) is 10.5. The van der Waals surface area contributed by atoms with Gasteiger partial charge in [0.1, 0.15) is 5.82 Å². The number of ether oxygens (including phenoxy) is 1. The van der Waals surface area contributed by atoms with Crippen LogP contribution in [0.3, 0.4) is 0 Å². The van der Waals surface area contributed by atoms with Gasteiger partial charge in [0.15, 0.2) is 0 Å². The topological polar surface area (TPSA) is 30.5 Å². The Morgan fingerprint density at radius 1 is 1.50 bits per heavy atom. The molecule has 1 aliphatic carbocycles. The summed E-state index contributed by atoms with van der Waals surface area (Å²) in [4.78, 5) is 5.38. The molecule has 1 aromatic rings. The number of nitrogens with one attached hydrogen (secondary N) is 1. The lowest BCUT2D eigenvalue weighted by Crippen LogP contribution is -2.39. The van der Waals surface area contributed by atoms with Crippen LogP contribution in [0.2, 0.25) is 0 Å². The molecule has 1 heterocycles. The van der Waals surface area contributed by atoms with E-state index in [-0.39, 0.29) is 17.8 Å². The summed E-state index contributed by atoms with van der Waals surface area (Å²) in [5.74, 6) is 0.114. The molecule has 3 nitrogen and oxygen atoms in total. The summed E-state index contributed by atoms with van der Waals surface area (Å²) in [5.41, 5.74) is 3.35. The molecule has 0 radical (unpaired) electrons. The number of hydrogen-bond donors (Lipinski definition) is 1. The number of halogens is 1. The maximum Gasteiger partial charge on any atom is 0.128 e. The van der Waals surface area contributed by atoms with Crippen LogP contribution in [0, 0.1) is 11.7 Å². The zero-order valence-electron chi connectivity index (χ0n) is 10.5. The van der Waals surface area contributed by atoms with Gasteiger partial charge in [-0.05, 0) is 25.8 Å². The Balaban J connectivity index is 1.95. The van der Waals surface area contributed by atoms with Crippen LogP contribution >= 0.6 is 0 Å². The quantitative estimate of drug-likeness (QED) is 0.894. The summed E-state index contributed by atoms with van der Waals surface area (Å²) >= 11 is 0. The predicted octanol–water partition coefficient (Wildman–Crippen LogP) is 2.37. The first-order chi connectivity index (χ1) is 8.76. The predicted molar refractivity (Wildman–Crippen MR) is 65.3 cm³/mol. The van der Waals surface area contributed by atoms with Gasteiger partial charge in [0, 0.05) is 18.1 Å². The van der Waals surface area contributed by atoms with Gasteiger partial charge in [-0.25, -0.2) is 4.39 Å². The molecule has 1 aromatic carbocycles. The van der Waals surface area contributed by atoms with Gasteiger partial charge in [0.05, 0.1) is 18.2 Å². The average molecular weight is 251 g/mol. The smallest absolute Gasteiger partial charge is 0.128 e. The van der Waals surface area contributed by atoms with Gasteiger partial charge in [0.25, 0.3) is 0 Å². The molecule has 0 aromatic heterocycles. The van der Waals surface area contributed by atoms with Gasteiger partial charge < -0.3 is 9.57 Å². The minimum absolute atomic E-state index is 0.169. The SMILES string of the molecule is CCO[C@@H]1CC2CONC2(c2ccccc2F)C1. The Labute approximate surface area is 106 Å². The fraction of sp³-hybridized carbons (Fsp3) is 0.571. The van der Waals surface area contributed by atoms with Crippen LogP contribution in [-0.2, 0) is 15.1 Å². The minimum atomic E-state index is -0.412. The van der Waals surface area contributed by atoms with E-state index in [1.807, 2.05) is 19.1 Å². The highest BCUT2D eigenvalue weighted by Gasteiger charge is 2.53. The van der Waals surface area contributed by atoms with Crippen LogP contribution in [0.1, 0.15) is 25.3 Å². The van der Waals surface area contributed by atoms with E-state index in [0.29, 0.717) is 18.8 Å². The molecule has 0 spiro atoms. The molecule has 2 fully saturated rings. The lowest BCUT2D eigenvalue weighted by Gasteiger charge is -2.28. The van der Waals surface area contributed by atoms with Crippen molar-refractivity contribution in [1.82, 2.24) is 5.48 Å². The van der Waals surface area contributed by atoms with Crippen molar-refractivity contribution < 1.29 is 14.0 Å². The third-order valence-corrected chi connectivity index (χ3v) is 4.09. The van der Waals surface area contributed by atoms with Crippen LogP contribution in [0.15, 0.2) is 24.3 Å². The monoisotopic (exact) mass is 251 g/mol. The van der Waals surface area contributed by atoms with Gasteiger partial charge in [0.2, 0.25) is 0 Å². The molecular weight excluding hydrogens is 233 g/mol. The fourth-order valence-electron chi connectivity index (χ4n) is 3.30. The summed E-state index contributed by atoms with van der Waals surface area (Å²) in [6.07, 6.45) is 1.89. The number of hydrogen-bond acceptors (Lipinski definition) is 3. The Morgan fingerprint density at radius 3 is 3.11 bits per heavy atom. The van der Waals surface area contributed by atoms with Crippen LogP contribution < -0.4 is 5.48 Å². The van der Waals surface area contributed by atoms with Crippen molar-refractivity contribution in [2.75, 3.05) is 13.2 Å². The molecule has 1 aliphatic heterocycles. The molecule has 1 saturated carbocycles. The number of fused-ring (bicyclic) bond motifs is 1. The van der Waals surface area contributed by atoms with E-state index >= 15 is 0 Å². The van der Waals surface area contributed by atoms with E-state index in [9.17, 15) is 4.39 Å². The van der Waals surface area contributed by atoms with Crippen molar-refractivity contribution in [1.29, 1.82) is 0 Å². The van der Waals surface area contributed by atoms with Gasteiger partial charge in [-0.2, -0.15) is 5.48 Å². The Kier molecular flexibility index (Phi) is 3.09. The summed E-state index contributed by atoms with van der Waals surface area (Å²) in [7, 11) is 0. The molecule has 3 atom stereocenters. The second-order valence-corrected chi connectivity index (χ2v) is 5.08. The second kappa shape index (κ2) is 4.61. The minimum Gasteiger partial charge on any atom is -0.378 e. The van der Waals surface area contributed by atoms with E-state index in [1.54, 1.807) is 6.07 Å². The molecule has 0 bridgehead atoms. The third-order valence-electron chi connectivity index (χ3n) is 4.09. The van der Waals surface area contributed by atoms with Gasteiger partial charge in [-0.1, -0.05) is 18.2 Å². The van der Waals surface area contributed by atoms with Crippen molar-refractivity contribution in [3.63, 3.8) is 0 Å². The van der Waals surface area contributed by atoms with E-state index in [4.69, 9.17) is 9.57 Å². The van der Waals surface area contributed by atoms with Crippen molar-refractivity contribution in [3.8, 4) is 0 Å². The molecule has 3 rings (SSSR count). The molecule has 0 amide bonds. The number of hydroxylamine groups is 1. The van der Waals surface area contributed by atoms with Gasteiger partial charge >= 0.3 is 0 Å². The molecule has 1 N–H and O–H groups in total. The van der Waals surface area contributed by atoms with E-state index in [1.165, 1.54) is 6.07 Å². The molecule has 2 aliphatic rings. The summed E-state index contributed by atoms with van der Waals surface area (Å²) in [6.45, 7) is 3.32. The average Bonchev–Trinajstić information content (AvgIpc) is 2.87. The maximum absolute atomic E-state index is 14.1. The van der Waals surface area contributed by atoms with Crippen LogP contribution in [0.4, 0.5) is 4.39 Å². The van der Waals surface area contributed by atoms with Crippen LogP contribution in [0.5, 0.6) is 0 Å². The Hall–Kier alpha value is -0.970. The second-order valence-electron chi connectivity index (χ2n) is 5.08. The van der Waals surface area contributed by atoms with Crippen molar-refractivity contribution in [2.24, 2.45) is 5.92 Å². The molecular formula is C14H18FNO2. The molecule has 18 heavy (non-hydrogen) atoms. The first-order valence-corrected chi connectivity index (χ1v) is 6.52. The van der Waals surface area contributed by atoms with Crippen LogP contribution in [0.25, 0.3) is 0 Å². The van der Waals surface area contributed by atoms with Gasteiger partial charge in [-0.15, -0.1) is 0 Å². The summed E-state index contributed by atoms with van der Waals surface area (Å²) < 4.78 is 19.8. The standard InChI is InChI=1S/C14H18FNO2/c1-2-17-11-7-10-9-18-16-14(10,8-11)12-5-3-4-6-13(12)15/h3-6,10-11,16H,2,7-9H2,1H3/t10?,11-,14?/m1/s1. The summed E-state index contributed by atoms with van der Waals surface area (Å²) in [6, 6.07) is 6.95. The van der Waals surface area contributed by atoms with E-state index < -0.39 is 5.54 Å². The first kappa shape index (κ1) is 12.1. The molecule has 4 heteroatoms. The normalized spacial score (nSPS) is 34.8. The summed E-state index contributed by atoms with van der Waals surface area (Å²) in [5, 5.41) is 0. The zero-order chi connectivity index (χ0) is 12.6. The lowest BCUT2D eigenvalue weighted by atomic mass is 9.82. The van der Waals surface area contributed by atoms with Crippen molar-refractivity contribution in [3.05, 3.63) is 35.6 Å². The van der Waals surface area contributed by atoms with E-state index in [0.717, 1.165) is 12.8 Å².